The summed E-state index contributed by atoms with van der Waals surface area (Å²) >= 11 is 12.4. The lowest BCUT2D eigenvalue weighted by molar-refractivity contribution is 0.383. The van der Waals surface area contributed by atoms with Crippen LogP contribution in [0, 0.1) is 12.8 Å². The van der Waals surface area contributed by atoms with E-state index in [-0.39, 0.29) is 0 Å². The van der Waals surface area contributed by atoms with Crippen molar-refractivity contribution in [2.75, 3.05) is 18.0 Å². The molecule has 1 aliphatic heterocycles. The maximum atomic E-state index is 6.29. The van der Waals surface area contributed by atoms with Gasteiger partial charge in [-0.25, -0.2) is 0 Å². The van der Waals surface area contributed by atoms with Crippen LogP contribution < -0.4 is 10.6 Å². The van der Waals surface area contributed by atoms with E-state index in [0.29, 0.717) is 12.0 Å². The van der Waals surface area contributed by atoms with Gasteiger partial charge in [0.2, 0.25) is 0 Å². The SMILES string of the molecule is Cc1cc(Cl)c(N2CCC(N)C(C)C2)cc1Cl. The van der Waals surface area contributed by atoms with E-state index in [0.717, 1.165) is 40.8 Å². The third-order valence-electron chi connectivity index (χ3n) is 3.54. The standard InChI is InChI=1S/C13H18Cl2N2/c1-8-5-11(15)13(6-10(8)14)17-4-3-12(16)9(2)7-17/h5-6,9,12H,3-4,7,16H2,1-2H3. The molecule has 2 nitrogen and oxygen atoms in total. The predicted molar refractivity (Wildman–Crippen MR) is 75.2 cm³/mol. The predicted octanol–water partition coefficient (Wildman–Crippen LogP) is 3.48. The highest BCUT2D eigenvalue weighted by molar-refractivity contribution is 6.35. The van der Waals surface area contributed by atoms with E-state index in [9.17, 15) is 0 Å². The van der Waals surface area contributed by atoms with E-state index in [1.54, 1.807) is 0 Å². The minimum Gasteiger partial charge on any atom is -0.370 e. The number of hydrogen-bond acceptors (Lipinski definition) is 2. The quantitative estimate of drug-likeness (QED) is 0.848. The molecule has 0 amide bonds. The summed E-state index contributed by atoms with van der Waals surface area (Å²) < 4.78 is 0. The third kappa shape index (κ3) is 2.70. The summed E-state index contributed by atoms with van der Waals surface area (Å²) in [6.45, 7) is 6.04. The Balaban J connectivity index is 2.26. The Morgan fingerprint density at radius 3 is 2.65 bits per heavy atom. The van der Waals surface area contributed by atoms with E-state index in [1.165, 1.54) is 0 Å². The maximum Gasteiger partial charge on any atom is 0.0643 e. The topological polar surface area (TPSA) is 29.3 Å². The van der Waals surface area contributed by atoms with E-state index in [2.05, 4.69) is 11.8 Å². The van der Waals surface area contributed by atoms with Gasteiger partial charge in [-0.05, 0) is 37.0 Å². The molecule has 0 spiro atoms. The molecule has 94 valence electrons. The Bertz CT molecular complexity index is 420. The van der Waals surface area contributed by atoms with E-state index >= 15 is 0 Å². The fraction of sp³-hybridized carbons (Fsp3) is 0.538. The number of nitrogens with zero attached hydrogens (tertiary/aromatic N) is 1. The molecule has 17 heavy (non-hydrogen) atoms. The lowest BCUT2D eigenvalue weighted by Crippen LogP contribution is -2.46. The molecule has 0 aliphatic carbocycles. The Morgan fingerprint density at radius 2 is 2.00 bits per heavy atom. The second-order valence-corrected chi connectivity index (χ2v) is 5.74. The molecule has 0 bridgehead atoms. The first-order valence-electron chi connectivity index (χ1n) is 5.95. The van der Waals surface area contributed by atoms with Crippen molar-refractivity contribution in [2.45, 2.75) is 26.3 Å². The van der Waals surface area contributed by atoms with Crippen molar-refractivity contribution in [2.24, 2.45) is 11.7 Å². The lowest BCUT2D eigenvalue weighted by atomic mass is 9.94. The molecule has 1 heterocycles. The smallest absolute Gasteiger partial charge is 0.0643 e. The normalized spacial score (nSPS) is 25.1. The molecule has 0 saturated carbocycles. The number of nitrogens with two attached hydrogens (primary N) is 1. The minimum atomic E-state index is 0.297. The Kier molecular flexibility index (Phi) is 3.86. The summed E-state index contributed by atoms with van der Waals surface area (Å²) in [5.41, 5.74) is 8.07. The molecule has 2 unspecified atom stereocenters. The fourth-order valence-electron chi connectivity index (χ4n) is 2.26. The first-order valence-corrected chi connectivity index (χ1v) is 6.71. The van der Waals surface area contributed by atoms with Crippen LogP contribution in [0.3, 0.4) is 0 Å². The van der Waals surface area contributed by atoms with E-state index < -0.39 is 0 Å². The average Bonchev–Trinajstić information content (AvgIpc) is 2.27. The maximum absolute atomic E-state index is 6.29. The molecule has 2 N–H and O–H groups in total. The number of piperidine rings is 1. The van der Waals surface area contributed by atoms with Gasteiger partial charge in [-0.15, -0.1) is 0 Å². The first kappa shape index (κ1) is 13.0. The fourth-order valence-corrected chi connectivity index (χ4v) is 2.76. The van der Waals surface area contributed by atoms with Gasteiger partial charge in [-0.2, -0.15) is 0 Å². The third-order valence-corrected chi connectivity index (χ3v) is 4.25. The van der Waals surface area contributed by atoms with Crippen LogP contribution in [0.25, 0.3) is 0 Å². The molecule has 1 aliphatic rings. The summed E-state index contributed by atoms with van der Waals surface area (Å²) in [6.07, 6.45) is 1.00. The first-order chi connectivity index (χ1) is 7.99. The average molecular weight is 273 g/mol. The summed E-state index contributed by atoms with van der Waals surface area (Å²) in [7, 11) is 0. The number of rotatable bonds is 1. The number of benzene rings is 1. The van der Waals surface area contributed by atoms with Crippen molar-refractivity contribution in [1.29, 1.82) is 0 Å². The number of hydrogen-bond donors (Lipinski definition) is 1. The van der Waals surface area contributed by atoms with Crippen molar-refractivity contribution in [1.82, 2.24) is 0 Å². The van der Waals surface area contributed by atoms with E-state index in [4.69, 9.17) is 28.9 Å². The molecule has 1 fully saturated rings. The molecule has 2 atom stereocenters. The largest absolute Gasteiger partial charge is 0.370 e. The van der Waals surface area contributed by atoms with Crippen molar-refractivity contribution >= 4 is 28.9 Å². The van der Waals surface area contributed by atoms with Gasteiger partial charge < -0.3 is 10.6 Å². The molecule has 2 rings (SSSR count). The van der Waals surface area contributed by atoms with Gasteiger partial charge in [0.15, 0.2) is 0 Å². The Hall–Kier alpha value is -0.440. The molecule has 4 heteroatoms. The van der Waals surface area contributed by atoms with Gasteiger partial charge in [0.25, 0.3) is 0 Å². The molecular formula is C13H18Cl2N2. The van der Waals surface area contributed by atoms with Crippen LogP contribution in [0.2, 0.25) is 10.0 Å². The van der Waals surface area contributed by atoms with Crippen molar-refractivity contribution in [3.8, 4) is 0 Å². The van der Waals surface area contributed by atoms with Gasteiger partial charge in [0, 0.05) is 24.2 Å². The van der Waals surface area contributed by atoms with Gasteiger partial charge in [-0.3, -0.25) is 0 Å². The van der Waals surface area contributed by atoms with Gasteiger partial charge in [0.05, 0.1) is 10.7 Å². The minimum absolute atomic E-state index is 0.297. The summed E-state index contributed by atoms with van der Waals surface area (Å²) in [5, 5.41) is 1.54. The monoisotopic (exact) mass is 272 g/mol. The van der Waals surface area contributed by atoms with Crippen LogP contribution in [0.5, 0.6) is 0 Å². The summed E-state index contributed by atoms with van der Waals surface area (Å²) in [5.74, 6) is 0.486. The second kappa shape index (κ2) is 5.05. The number of halogens is 2. The van der Waals surface area contributed by atoms with Crippen molar-refractivity contribution in [3.63, 3.8) is 0 Å². The van der Waals surface area contributed by atoms with Crippen LogP contribution in [0.1, 0.15) is 18.9 Å². The van der Waals surface area contributed by atoms with Crippen LogP contribution in [-0.2, 0) is 0 Å². The molecular weight excluding hydrogens is 255 g/mol. The summed E-state index contributed by atoms with van der Waals surface area (Å²) in [4.78, 5) is 2.28. The van der Waals surface area contributed by atoms with E-state index in [1.807, 2.05) is 19.1 Å². The van der Waals surface area contributed by atoms with Gasteiger partial charge >= 0.3 is 0 Å². The highest BCUT2D eigenvalue weighted by Crippen LogP contribution is 2.33. The lowest BCUT2D eigenvalue weighted by Gasteiger charge is -2.37. The van der Waals surface area contributed by atoms with Crippen LogP contribution in [-0.4, -0.2) is 19.1 Å². The van der Waals surface area contributed by atoms with Gasteiger partial charge in [-0.1, -0.05) is 30.1 Å². The Labute approximate surface area is 113 Å². The number of anilines is 1. The van der Waals surface area contributed by atoms with Crippen LogP contribution in [0.15, 0.2) is 12.1 Å². The Morgan fingerprint density at radius 1 is 1.29 bits per heavy atom. The highest BCUT2D eigenvalue weighted by Gasteiger charge is 2.24. The molecule has 0 radical (unpaired) electrons. The van der Waals surface area contributed by atoms with Crippen molar-refractivity contribution < 1.29 is 0 Å². The zero-order chi connectivity index (χ0) is 12.6. The number of aryl methyl sites for hydroxylation is 1. The second-order valence-electron chi connectivity index (χ2n) is 4.93. The van der Waals surface area contributed by atoms with Crippen LogP contribution in [0.4, 0.5) is 5.69 Å². The van der Waals surface area contributed by atoms with Gasteiger partial charge in [0.1, 0.15) is 0 Å². The van der Waals surface area contributed by atoms with Crippen LogP contribution >= 0.6 is 23.2 Å². The molecule has 0 aromatic heterocycles. The molecule has 1 aromatic carbocycles. The molecule has 1 aromatic rings. The molecule has 1 saturated heterocycles. The zero-order valence-corrected chi connectivity index (χ0v) is 11.7. The highest BCUT2D eigenvalue weighted by atomic mass is 35.5. The van der Waals surface area contributed by atoms with Crippen molar-refractivity contribution in [3.05, 3.63) is 27.7 Å². The summed E-state index contributed by atoms with van der Waals surface area (Å²) in [6, 6.07) is 4.19. The zero-order valence-electron chi connectivity index (χ0n) is 10.2.